The molecule has 0 saturated carbocycles. The monoisotopic (exact) mass is 297 g/mol. The minimum Gasteiger partial charge on any atom is -0.351 e. The van der Waals surface area contributed by atoms with Crippen LogP contribution in [-0.4, -0.2) is 17.4 Å². The summed E-state index contributed by atoms with van der Waals surface area (Å²) in [4.78, 5) is 11.7. The van der Waals surface area contributed by atoms with Gasteiger partial charge in [-0.3, -0.25) is 4.79 Å². The van der Waals surface area contributed by atoms with E-state index in [1.807, 2.05) is 48.5 Å². The molecule has 0 unspecified atom stereocenters. The predicted molar refractivity (Wildman–Crippen MR) is 91.1 cm³/mol. The standard InChI is InChI=1S/C18H19NOS/c20-18(19-14-17-10-5-2-6-11-17)15-21-13-7-12-16-8-3-1-4-9-16/h1-12H,13-15H2,(H,19,20)/b12-7+. The zero-order chi connectivity index (χ0) is 14.8. The van der Waals surface area contributed by atoms with Gasteiger partial charge in [-0.2, -0.15) is 0 Å². The molecule has 0 aliphatic heterocycles. The number of nitrogens with one attached hydrogen (secondary N) is 1. The van der Waals surface area contributed by atoms with E-state index in [0.29, 0.717) is 12.3 Å². The van der Waals surface area contributed by atoms with Crippen molar-refractivity contribution in [3.63, 3.8) is 0 Å². The summed E-state index contributed by atoms with van der Waals surface area (Å²) < 4.78 is 0. The average molecular weight is 297 g/mol. The highest BCUT2D eigenvalue weighted by molar-refractivity contribution is 8.00. The van der Waals surface area contributed by atoms with Crippen LogP contribution in [0.2, 0.25) is 0 Å². The lowest BCUT2D eigenvalue weighted by molar-refractivity contribution is -0.118. The molecule has 0 aliphatic carbocycles. The number of benzene rings is 2. The Morgan fingerprint density at radius 3 is 2.38 bits per heavy atom. The van der Waals surface area contributed by atoms with E-state index in [1.165, 1.54) is 5.56 Å². The van der Waals surface area contributed by atoms with E-state index in [4.69, 9.17) is 0 Å². The van der Waals surface area contributed by atoms with E-state index >= 15 is 0 Å². The van der Waals surface area contributed by atoms with Crippen molar-refractivity contribution in [2.24, 2.45) is 0 Å². The van der Waals surface area contributed by atoms with E-state index in [9.17, 15) is 4.79 Å². The Morgan fingerprint density at radius 1 is 1.00 bits per heavy atom. The van der Waals surface area contributed by atoms with Gasteiger partial charge in [0.1, 0.15) is 0 Å². The molecule has 2 rings (SSSR count). The number of amides is 1. The first-order valence-corrected chi connectivity index (χ1v) is 8.10. The Bertz CT molecular complexity index is 566. The Kier molecular flexibility index (Phi) is 6.62. The van der Waals surface area contributed by atoms with Crippen LogP contribution in [0, 0.1) is 0 Å². The first-order chi connectivity index (χ1) is 10.3. The van der Waals surface area contributed by atoms with Gasteiger partial charge in [0.2, 0.25) is 5.91 Å². The molecule has 0 saturated heterocycles. The van der Waals surface area contributed by atoms with E-state index in [-0.39, 0.29) is 5.91 Å². The van der Waals surface area contributed by atoms with Gasteiger partial charge in [0.25, 0.3) is 0 Å². The maximum absolute atomic E-state index is 11.7. The number of hydrogen-bond donors (Lipinski definition) is 1. The van der Waals surface area contributed by atoms with Gasteiger partial charge in [-0.25, -0.2) is 0 Å². The van der Waals surface area contributed by atoms with E-state index < -0.39 is 0 Å². The second-order valence-electron chi connectivity index (χ2n) is 4.59. The van der Waals surface area contributed by atoms with Crippen LogP contribution in [0.3, 0.4) is 0 Å². The molecule has 2 aromatic carbocycles. The number of hydrogen-bond acceptors (Lipinski definition) is 2. The summed E-state index contributed by atoms with van der Waals surface area (Å²) in [6.07, 6.45) is 4.17. The Hall–Kier alpha value is -2.00. The van der Waals surface area contributed by atoms with Crippen molar-refractivity contribution in [2.45, 2.75) is 6.54 Å². The highest BCUT2D eigenvalue weighted by atomic mass is 32.2. The molecule has 0 bridgehead atoms. The highest BCUT2D eigenvalue weighted by Crippen LogP contribution is 2.05. The quantitative estimate of drug-likeness (QED) is 0.789. The first-order valence-electron chi connectivity index (χ1n) is 6.94. The van der Waals surface area contributed by atoms with Crippen LogP contribution in [0.15, 0.2) is 66.7 Å². The van der Waals surface area contributed by atoms with Crippen LogP contribution in [0.5, 0.6) is 0 Å². The smallest absolute Gasteiger partial charge is 0.230 e. The van der Waals surface area contributed by atoms with Crippen molar-refractivity contribution in [3.8, 4) is 0 Å². The van der Waals surface area contributed by atoms with Crippen LogP contribution >= 0.6 is 11.8 Å². The Labute approximate surface area is 130 Å². The summed E-state index contributed by atoms with van der Waals surface area (Å²) >= 11 is 1.62. The van der Waals surface area contributed by atoms with Crippen molar-refractivity contribution in [3.05, 3.63) is 77.9 Å². The van der Waals surface area contributed by atoms with Gasteiger partial charge >= 0.3 is 0 Å². The van der Waals surface area contributed by atoms with Crippen LogP contribution in [0.1, 0.15) is 11.1 Å². The average Bonchev–Trinajstić information content (AvgIpc) is 2.54. The van der Waals surface area contributed by atoms with Gasteiger partial charge in [0.15, 0.2) is 0 Å². The van der Waals surface area contributed by atoms with Crippen molar-refractivity contribution in [2.75, 3.05) is 11.5 Å². The van der Waals surface area contributed by atoms with Crippen molar-refractivity contribution >= 4 is 23.7 Å². The summed E-state index contributed by atoms with van der Waals surface area (Å²) in [7, 11) is 0. The molecule has 0 radical (unpaired) electrons. The molecule has 0 aliphatic rings. The third kappa shape index (κ3) is 6.32. The minimum atomic E-state index is 0.0805. The topological polar surface area (TPSA) is 29.1 Å². The fourth-order valence-electron chi connectivity index (χ4n) is 1.82. The molecule has 108 valence electrons. The molecule has 1 N–H and O–H groups in total. The molecule has 0 atom stereocenters. The summed E-state index contributed by atoms with van der Waals surface area (Å²) in [6, 6.07) is 20.1. The zero-order valence-electron chi connectivity index (χ0n) is 11.9. The second-order valence-corrected chi connectivity index (χ2v) is 5.62. The molecule has 0 fully saturated rings. The molecule has 21 heavy (non-hydrogen) atoms. The van der Waals surface area contributed by atoms with Crippen LogP contribution < -0.4 is 5.32 Å². The first kappa shape index (κ1) is 15.4. The normalized spacial score (nSPS) is 10.7. The third-order valence-electron chi connectivity index (χ3n) is 2.89. The number of carbonyl (C=O) groups is 1. The van der Waals surface area contributed by atoms with Gasteiger partial charge in [-0.15, -0.1) is 11.8 Å². The minimum absolute atomic E-state index is 0.0805. The largest absolute Gasteiger partial charge is 0.351 e. The molecular weight excluding hydrogens is 278 g/mol. The zero-order valence-corrected chi connectivity index (χ0v) is 12.7. The number of carbonyl (C=O) groups excluding carboxylic acids is 1. The second kappa shape index (κ2) is 9.03. The van der Waals surface area contributed by atoms with Gasteiger partial charge in [-0.1, -0.05) is 72.8 Å². The van der Waals surface area contributed by atoms with E-state index in [1.54, 1.807) is 11.8 Å². The number of rotatable bonds is 7. The lowest BCUT2D eigenvalue weighted by Gasteiger charge is -2.04. The van der Waals surface area contributed by atoms with E-state index in [2.05, 4.69) is 29.6 Å². The van der Waals surface area contributed by atoms with E-state index in [0.717, 1.165) is 11.3 Å². The van der Waals surface area contributed by atoms with Crippen molar-refractivity contribution in [1.82, 2.24) is 5.32 Å². The predicted octanol–water partition coefficient (Wildman–Crippen LogP) is 3.75. The Morgan fingerprint density at radius 2 is 1.67 bits per heavy atom. The lowest BCUT2D eigenvalue weighted by Crippen LogP contribution is -2.24. The van der Waals surface area contributed by atoms with Crippen molar-refractivity contribution < 1.29 is 4.79 Å². The third-order valence-corrected chi connectivity index (χ3v) is 3.78. The lowest BCUT2D eigenvalue weighted by atomic mass is 10.2. The molecule has 0 heterocycles. The molecular formula is C18H19NOS. The number of thioether (sulfide) groups is 1. The fourth-order valence-corrected chi connectivity index (χ4v) is 2.45. The fraction of sp³-hybridized carbons (Fsp3) is 0.167. The van der Waals surface area contributed by atoms with Crippen LogP contribution in [0.4, 0.5) is 0 Å². The van der Waals surface area contributed by atoms with Crippen LogP contribution in [-0.2, 0) is 11.3 Å². The molecule has 0 aromatic heterocycles. The molecule has 1 amide bonds. The maximum atomic E-state index is 11.7. The van der Waals surface area contributed by atoms with Gasteiger partial charge in [-0.05, 0) is 11.1 Å². The summed E-state index contributed by atoms with van der Waals surface area (Å²) in [5.41, 5.74) is 2.31. The summed E-state index contributed by atoms with van der Waals surface area (Å²) in [5, 5.41) is 2.92. The molecule has 2 aromatic rings. The van der Waals surface area contributed by atoms with Gasteiger partial charge in [0, 0.05) is 12.3 Å². The summed E-state index contributed by atoms with van der Waals surface area (Å²) in [5.74, 6) is 1.41. The Balaban J connectivity index is 1.60. The van der Waals surface area contributed by atoms with Crippen molar-refractivity contribution in [1.29, 1.82) is 0 Å². The maximum Gasteiger partial charge on any atom is 0.230 e. The molecule has 3 heteroatoms. The highest BCUT2D eigenvalue weighted by Gasteiger charge is 2.00. The molecule has 2 nitrogen and oxygen atoms in total. The van der Waals surface area contributed by atoms with Crippen LogP contribution in [0.25, 0.3) is 6.08 Å². The van der Waals surface area contributed by atoms with Gasteiger partial charge in [0.05, 0.1) is 5.75 Å². The van der Waals surface area contributed by atoms with Gasteiger partial charge < -0.3 is 5.32 Å². The summed E-state index contributed by atoms with van der Waals surface area (Å²) in [6.45, 7) is 0.597. The SMILES string of the molecule is O=C(CSC/C=C/c1ccccc1)NCc1ccccc1. The molecule has 0 spiro atoms.